The summed E-state index contributed by atoms with van der Waals surface area (Å²) < 4.78 is 5.95. The lowest BCUT2D eigenvalue weighted by Crippen LogP contribution is -2.52. The predicted molar refractivity (Wildman–Crippen MR) is 169 cm³/mol. The number of pyridine rings is 1. The summed E-state index contributed by atoms with van der Waals surface area (Å²) in [6.45, 7) is 7.40. The summed E-state index contributed by atoms with van der Waals surface area (Å²) >= 11 is 1.65. The summed E-state index contributed by atoms with van der Waals surface area (Å²) in [5.74, 6) is 1.39. The molecule has 4 heterocycles. The number of ether oxygens (including phenoxy) is 1. The third-order valence-electron chi connectivity index (χ3n) is 8.04. The summed E-state index contributed by atoms with van der Waals surface area (Å²) in [6.07, 6.45) is 1.94. The molecule has 222 valence electrons. The highest BCUT2D eigenvalue weighted by atomic mass is 32.1. The Kier molecular flexibility index (Phi) is 8.31. The van der Waals surface area contributed by atoms with E-state index in [1.807, 2.05) is 55.1 Å². The number of aromatic nitrogens is 1. The number of nitrogens with one attached hydrogen (secondary N) is 3. The number of benzene rings is 2. The largest absolute Gasteiger partial charge is 0.488 e. The van der Waals surface area contributed by atoms with Crippen LogP contribution in [-0.2, 0) is 6.54 Å². The van der Waals surface area contributed by atoms with Crippen molar-refractivity contribution in [2.45, 2.75) is 38.5 Å². The highest BCUT2D eigenvalue weighted by Gasteiger charge is 2.31. The van der Waals surface area contributed by atoms with Crippen LogP contribution in [0, 0.1) is 6.92 Å². The van der Waals surface area contributed by atoms with E-state index in [0.29, 0.717) is 42.7 Å². The number of hydrogen-bond donors (Lipinski definition) is 4. The highest BCUT2D eigenvalue weighted by Crippen LogP contribution is 2.31. The third kappa shape index (κ3) is 6.65. The number of nitrogens with zero attached hydrogens (tertiary/aromatic N) is 2. The van der Waals surface area contributed by atoms with Crippen LogP contribution in [0.25, 0.3) is 10.4 Å². The molecule has 1 atom stereocenters. The van der Waals surface area contributed by atoms with Gasteiger partial charge in [0.05, 0.1) is 12.6 Å². The second kappa shape index (κ2) is 12.4. The van der Waals surface area contributed by atoms with Crippen LogP contribution in [0.1, 0.15) is 50.8 Å². The van der Waals surface area contributed by atoms with Crippen LogP contribution < -0.4 is 26.4 Å². The molecule has 2 aliphatic heterocycles. The van der Waals surface area contributed by atoms with E-state index in [4.69, 9.17) is 10.5 Å². The Morgan fingerprint density at radius 3 is 2.70 bits per heavy atom. The third-order valence-corrected chi connectivity index (χ3v) is 9.18. The van der Waals surface area contributed by atoms with Crippen molar-refractivity contribution in [3.8, 4) is 16.2 Å². The van der Waals surface area contributed by atoms with E-state index in [1.165, 1.54) is 0 Å². The summed E-state index contributed by atoms with van der Waals surface area (Å²) in [4.78, 5) is 34.0. The molecule has 0 bridgehead atoms. The zero-order valence-corrected chi connectivity index (χ0v) is 25.1. The summed E-state index contributed by atoms with van der Waals surface area (Å²) in [6, 6.07) is 21.5. The van der Waals surface area contributed by atoms with Crippen molar-refractivity contribution in [3.05, 3.63) is 100 Å². The molecule has 2 aromatic heterocycles. The number of urea groups is 1. The second-order valence-corrected chi connectivity index (χ2v) is 12.4. The molecule has 0 radical (unpaired) electrons. The lowest BCUT2D eigenvalue weighted by Gasteiger charge is -2.39. The van der Waals surface area contributed by atoms with E-state index in [0.717, 1.165) is 45.1 Å². The first-order valence-corrected chi connectivity index (χ1v) is 15.4. The van der Waals surface area contributed by atoms with Crippen molar-refractivity contribution in [3.63, 3.8) is 0 Å². The van der Waals surface area contributed by atoms with Crippen LogP contribution in [0.5, 0.6) is 5.75 Å². The lowest BCUT2D eigenvalue weighted by molar-refractivity contribution is 0.0937. The molecule has 0 spiro atoms. The maximum atomic E-state index is 13.2. The Bertz CT molecular complexity index is 1610. The minimum absolute atomic E-state index is 0.0615. The van der Waals surface area contributed by atoms with Gasteiger partial charge in [-0.05, 0) is 72.5 Å². The first-order valence-electron chi connectivity index (χ1n) is 14.5. The van der Waals surface area contributed by atoms with Crippen LogP contribution in [0.15, 0.2) is 72.9 Å². The number of likely N-dealkylation sites (tertiary alicyclic amines) is 1. The molecule has 1 unspecified atom stereocenters. The van der Waals surface area contributed by atoms with E-state index in [9.17, 15) is 9.59 Å². The molecule has 3 amide bonds. The monoisotopic (exact) mass is 596 g/mol. The Morgan fingerprint density at radius 2 is 1.95 bits per heavy atom. The van der Waals surface area contributed by atoms with Gasteiger partial charge in [0, 0.05) is 53.6 Å². The molecular weight excluding hydrogens is 560 g/mol. The maximum Gasteiger partial charge on any atom is 0.317 e. The lowest BCUT2D eigenvalue weighted by atomic mass is 9.93. The van der Waals surface area contributed by atoms with Gasteiger partial charge < -0.3 is 31.3 Å². The van der Waals surface area contributed by atoms with Gasteiger partial charge in [-0.1, -0.05) is 30.3 Å². The minimum Gasteiger partial charge on any atom is -0.488 e. The number of carbonyl (C=O) groups excluding carboxylic acids is 2. The Hall–Kier alpha value is -4.41. The molecule has 5 N–H and O–H groups in total. The van der Waals surface area contributed by atoms with Gasteiger partial charge in [-0.15, -0.1) is 11.3 Å². The number of carbonyl (C=O) groups is 2. The minimum atomic E-state index is -0.185. The molecular formula is C33H36N6O3S. The van der Waals surface area contributed by atoms with E-state index in [-0.39, 0.29) is 24.1 Å². The normalized spacial score (nSPS) is 15.7. The summed E-state index contributed by atoms with van der Waals surface area (Å²) in [7, 11) is 0. The smallest absolute Gasteiger partial charge is 0.317 e. The van der Waals surface area contributed by atoms with Crippen LogP contribution in [0.2, 0.25) is 0 Å². The van der Waals surface area contributed by atoms with Crippen molar-refractivity contribution in [2.75, 3.05) is 31.9 Å². The second-order valence-electron chi connectivity index (χ2n) is 11.2. The molecule has 0 aliphatic carbocycles. The van der Waals surface area contributed by atoms with Gasteiger partial charge in [0.25, 0.3) is 5.91 Å². The number of rotatable bonds is 9. The number of amides is 3. The summed E-state index contributed by atoms with van der Waals surface area (Å²) in [5.41, 5.74) is 10.4. The zero-order chi connectivity index (χ0) is 29.9. The van der Waals surface area contributed by atoms with E-state index in [2.05, 4.69) is 45.2 Å². The zero-order valence-electron chi connectivity index (χ0n) is 24.3. The molecule has 10 heteroatoms. The van der Waals surface area contributed by atoms with E-state index < -0.39 is 0 Å². The SMILES string of the molecule is Cc1ccc(OC2CNC2)cc1C(=O)NC(C)c1cccc(-c2ccc(CNC(=O)N3CC(c4ccc(N)nc4)C3)s2)c1. The number of anilines is 1. The Labute approximate surface area is 255 Å². The standard InChI is InChI=1S/C33H36N6O3S/c1-20-6-8-26(42-27-15-35-16-27)13-29(20)32(40)38-21(2)22-4-3-5-23(12-22)30-10-9-28(43-30)17-37-33(41)39-18-25(19-39)24-7-11-31(34)36-14-24/h3-14,21,25,27,35H,15-19H2,1-2H3,(H2,34,36)(H,37,41)(H,38,40). The molecule has 6 rings (SSSR count). The molecule has 2 aromatic carbocycles. The molecule has 0 saturated carbocycles. The average Bonchev–Trinajstić information content (AvgIpc) is 3.44. The van der Waals surface area contributed by atoms with Gasteiger partial charge in [-0.2, -0.15) is 0 Å². The van der Waals surface area contributed by atoms with E-state index in [1.54, 1.807) is 23.6 Å². The average molecular weight is 597 g/mol. The van der Waals surface area contributed by atoms with Gasteiger partial charge in [-0.25, -0.2) is 9.78 Å². The maximum absolute atomic E-state index is 13.2. The number of aryl methyl sites for hydroxylation is 1. The molecule has 4 aromatic rings. The Balaban J connectivity index is 1.02. The first-order chi connectivity index (χ1) is 20.8. The van der Waals surface area contributed by atoms with Crippen molar-refractivity contribution in [1.29, 1.82) is 0 Å². The Morgan fingerprint density at radius 1 is 1.12 bits per heavy atom. The van der Waals surface area contributed by atoms with Crippen molar-refractivity contribution < 1.29 is 14.3 Å². The topological polar surface area (TPSA) is 122 Å². The van der Waals surface area contributed by atoms with Gasteiger partial charge in [0.2, 0.25) is 0 Å². The van der Waals surface area contributed by atoms with E-state index >= 15 is 0 Å². The molecule has 2 fully saturated rings. The van der Waals surface area contributed by atoms with Gasteiger partial charge in [0.15, 0.2) is 0 Å². The van der Waals surface area contributed by atoms with Crippen LogP contribution in [0.3, 0.4) is 0 Å². The molecule has 2 saturated heterocycles. The van der Waals surface area contributed by atoms with Gasteiger partial charge in [0.1, 0.15) is 17.7 Å². The number of thiophene rings is 1. The fourth-order valence-electron chi connectivity index (χ4n) is 5.19. The van der Waals surface area contributed by atoms with Gasteiger partial charge >= 0.3 is 6.03 Å². The molecule has 43 heavy (non-hydrogen) atoms. The highest BCUT2D eigenvalue weighted by molar-refractivity contribution is 7.15. The summed E-state index contributed by atoms with van der Waals surface area (Å²) in [5, 5.41) is 9.38. The van der Waals surface area contributed by atoms with Crippen molar-refractivity contribution in [2.24, 2.45) is 0 Å². The van der Waals surface area contributed by atoms with Crippen LogP contribution in [-0.4, -0.2) is 54.1 Å². The van der Waals surface area contributed by atoms with Crippen LogP contribution >= 0.6 is 11.3 Å². The molecule has 9 nitrogen and oxygen atoms in total. The molecule has 2 aliphatic rings. The number of nitrogens with two attached hydrogens (primary N) is 1. The number of hydrogen-bond acceptors (Lipinski definition) is 7. The van der Waals surface area contributed by atoms with Gasteiger partial charge in [-0.3, -0.25) is 4.79 Å². The van der Waals surface area contributed by atoms with Crippen molar-refractivity contribution >= 4 is 29.1 Å². The van der Waals surface area contributed by atoms with Crippen LogP contribution in [0.4, 0.5) is 10.6 Å². The fourth-order valence-corrected chi connectivity index (χ4v) is 6.14. The fraction of sp³-hybridized carbons (Fsp3) is 0.303. The predicted octanol–water partition coefficient (Wildman–Crippen LogP) is 4.85. The first kappa shape index (κ1) is 28.7. The number of nitrogen functional groups attached to an aromatic ring is 1. The van der Waals surface area contributed by atoms with Crippen molar-refractivity contribution in [1.82, 2.24) is 25.8 Å². The quantitative estimate of drug-likeness (QED) is 0.219.